The van der Waals surface area contributed by atoms with Gasteiger partial charge in [0.25, 0.3) is 5.56 Å². The van der Waals surface area contributed by atoms with Gasteiger partial charge in [0.05, 0.1) is 11.9 Å². The first-order valence-corrected chi connectivity index (χ1v) is 11.1. The van der Waals surface area contributed by atoms with Crippen molar-refractivity contribution in [3.63, 3.8) is 0 Å². The molecule has 0 N–H and O–H groups in total. The zero-order valence-corrected chi connectivity index (χ0v) is 19.0. The molecule has 0 bridgehead atoms. The van der Waals surface area contributed by atoms with Crippen LogP contribution in [0.5, 0.6) is 0 Å². The summed E-state index contributed by atoms with van der Waals surface area (Å²) in [6.45, 7) is 1.36. The number of hydrogen-bond acceptors (Lipinski definition) is 8. The van der Waals surface area contributed by atoms with E-state index in [1.807, 2.05) is 16.8 Å². The lowest BCUT2D eigenvalue weighted by atomic mass is 10.2. The first-order valence-electron chi connectivity index (χ1n) is 11.1. The Hall–Kier alpha value is -4.22. The molecule has 178 valence electrons. The van der Waals surface area contributed by atoms with Crippen molar-refractivity contribution in [2.45, 2.75) is 6.04 Å². The lowest BCUT2D eigenvalue weighted by Crippen LogP contribution is -2.37. The molecule has 4 heterocycles. The lowest BCUT2D eigenvalue weighted by Gasteiger charge is -2.26. The summed E-state index contributed by atoms with van der Waals surface area (Å²) in [6.07, 6.45) is 2.57. The molecule has 35 heavy (non-hydrogen) atoms. The molecule has 12 heteroatoms. The van der Waals surface area contributed by atoms with Gasteiger partial charge in [0.2, 0.25) is 11.9 Å². The fourth-order valence-corrected chi connectivity index (χ4v) is 5.09. The van der Waals surface area contributed by atoms with Crippen LogP contribution in [0.1, 0.15) is 0 Å². The predicted molar refractivity (Wildman–Crippen MR) is 123 cm³/mol. The van der Waals surface area contributed by atoms with Crippen LogP contribution in [-0.4, -0.2) is 60.9 Å². The van der Waals surface area contributed by atoms with Gasteiger partial charge in [0.15, 0.2) is 5.82 Å². The van der Waals surface area contributed by atoms with Crippen molar-refractivity contribution in [1.29, 1.82) is 0 Å². The Morgan fingerprint density at radius 3 is 2.60 bits per heavy atom. The SMILES string of the molecule is CN(c1nc(-c2ccncc2F)cc(=O)n1C)C1[C@H]2CN(c3nnnn3-c3ccccc3F)C[C@@H]12. The first-order chi connectivity index (χ1) is 16.9. The monoisotopic (exact) mass is 477 g/mol. The summed E-state index contributed by atoms with van der Waals surface area (Å²) in [6, 6.07) is 9.34. The molecule has 1 aromatic carbocycles. The molecule has 0 amide bonds. The zero-order chi connectivity index (χ0) is 24.3. The molecule has 3 aromatic heterocycles. The van der Waals surface area contributed by atoms with Gasteiger partial charge in [-0.25, -0.2) is 13.8 Å². The molecule has 0 spiro atoms. The number of anilines is 2. The summed E-state index contributed by atoms with van der Waals surface area (Å²) in [5, 5.41) is 11.9. The maximum absolute atomic E-state index is 14.3. The number of aromatic nitrogens is 7. The molecule has 2 aliphatic rings. The summed E-state index contributed by atoms with van der Waals surface area (Å²) in [5.41, 5.74) is 0.520. The first kappa shape index (κ1) is 21.3. The van der Waals surface area contributed by atoms with Crippen LogP contribution in [-0.2, 0) is 7.05 Å². The molecule has 1 saturated carbocycles. The van der Waals surface area contributed by atoms with Crippen LogP contribution in [0.25, 0.3) is 16.9 Å². The number of tetrazole rings is 1. The van der Waals surface area contributed by atoms with Crippen LogP contribution >= 0.6 is 0 Å². The minimum absolute atomic E-state index is 0.152. The molecule has 1 saturated heterocycles. The molecule has 3 atom stereocenters. The van der Waals surface area contributed by atoms with E-state index in [1.165, 1.54) is 33.6 Å². The summed E-state index contributed by atoms with van der Waals surface area (Å²) < 4.78 is 31.5. The number of para-hydroxylation sites is 1. The molecule has 1 aliphatic carbocycles. The Kier molecular flexibility index (Phi) is 4.83. The zero-order valence-electron chi connectivity index (χ0n) is 19.0. The Bertz CT molecular complexity index is 1470. The standard InChI is InChI=1S/C23H21F2N9O/c1-31-20(35)9-18(13-7-8-26-10-17(13)25)27-22(31)32(2)21-14-11-33(12-15(14)21)23-28-29-30-34(23)19-6-4-3-5-16(19)24/h3-10,14-15,21H,11-12H2,1-2H3/t14-,15+,21?. The van der Waals surface area contributed by atoms with Crippen molar-refractivity contribution in [3.8, 4) is 16.9 Å². The lowest BCUT2D eigenvalue weighted by molar-refractivity contribution is 0.603. The highest BCUT2D eigenvalue weighted by Gasteiger charge is 2.59. The summed E-state index contributed by atoms with van der Waals surface area (Å²) in [5.74, 6) is 0.608. The molecular formula is C23H21F2N9O. The number of halogens is 2. The van der Waals surface area contributed by atoms with Gasteiger partial charge in [-0.3, -0.25) is 14.3 Å². The maximum Gasteiger partial charge on any atom is 0.255 e. The summed E-state index contributed by atoms with van der Waals surface area (Å²) in [4.78, 5) is 25.0. The van der Waals surface area contributed by atoms with Gasteiger partial charge in [-0.05, 0) is 28.6 Å². The van der Waals surface area contributed by atoms with Gasteiger partial charge in [-0.2, -0.15) is 4.68 Å². The van der Waals surface area contributed by atoms with Gasteiger partial charge >= 0.3 is 0 Å². The summed E-state index contributed by atoms with van der Waals surface area (Å²) in [7, 11) is 3.55. The van der Waals surface area contributed by atoms with Crippen molar-refractivity contribution < 1.29 is 8.78 Å². The molecule has 6 rings (SSSR count). The van der Waals surface area contributed by atoms with Crippen molar-refractivity contribution in [2.75, 3.05) is 29.9 Å². The molecule has 1 aliphatic heterocycles. The highest BCUT2D eigenvalue weighted by Crippen LogP contribution is 2.50. The third-order valence-electron chi connectivity index (χ3n) is 6.89. The van der Waals surface area contributed by atoms with Gasteiger partial charge in [-0.15, -0.1) is 0 Å². The van der Waals surface area contributed by atoms with Crippen LogP contribution in [0.4, 0.5) is 20.7 Å². The van der Waals surface area contributed by atoms with E-state index < -0.39 is 11.6 Å². The van der Waals surface area contributed by atoms with E-state index in [4.69, 9.17) is 0 Å². The average Bonchev–Trinajstić information content (AvgIpc) is 3.17. The van der Waals surface area contributed by atoms with E-state index in [0.717, 1.165) is 6.20 Å². The van der Waals surface area contributed by atoms with E-state index in [1.54, 1.807) is 25.2 Å². The minimum atomic E-state index is -0.534. The second kappa shape index (κ2) is 7.93. The predicted octanol–water partition coefficient (Wildman–Crippen LogP) is 1.67. The average molecular weight is 477 g/mol. The van der Waals surface area contributed by atoms with E-state index >= 15 is 0 Å². The number of rotatable bonds is 5. The molecule has 2 fully saturated rings. The summed E-state index contributed by atoms with van der Waals surface area (Å²) >= 11 is 0. The van der Waals surface area contributed by atoms with Crippen LogP contribution < -0.4 is 15.4 Å². The number of hydrogen-bond donors (Lipinski definition) is 0. The van der Waals surface area contributed by atoms with E-state index in [0.29, 0.717) is 42.5 Å². The maximum atomic E-state index is 14.3. The highest BCUT2D eigenvalue weighted by atomic mass is 19.1. The smallest absolute Gasteiger partial charge is 0.255 e. The Labute approximate surface area is 198 Å². The third kappa shape index (κ3) is 3.44. The third-order valence-corrected chi connectivity index (χ3v) is 6.89. The largest absolute Gasteiger partial charge is 0.342 e. The fourth-order valence-electron chi connectivity index (χ4n) is 5.09. The highest BCUT2D eigenvalue weighted by molar-refractivity contribution is 5.60. The van der Waals surface area contributed by atoms with E-state index in [2.05, 4.69) is 25.5 Å². The quantitative estimate of drug-likeness (QED) is 0.428. The fraction of sp³-hybridized carbons (Fsp3) is 0.304. The number of nitrogens with zero attached hydrogens (tertiary/aromatic N) is 9. The van der Waals surface area contributed by atoms with E-state index in [-0.39, 0.29) is 22.9 Å². The van der Waals surface area contributed by atoms with Gasteiger partial charge in [0, 0.05) is 62.9 Å². The Morgan fingerprint density at radius 1 is 1.09 bits per heavy atom. The molecule has 10 nitrogen and oxygen atoms in total. The number of benzene rings is 1. The van der Waals surface area contributed by atoms with Crippen molar-refractivity contribution in [3.05, 3.63) is 70.8 Å². The van der Waals surface area contributed by atoms with Gasteiger partial charge in [0.1, 0.15) is 11.5 Å². The van der Waals surface area contributed by atoms with Gasteiger partial charge in [-0.1, -0.05) is 17.2 Å². The van der Waals surface area contributed by atoms with Crippen LogP contribution in [0.15, 0.2) is 53.6 Å². The number of pyridine rings is 1. The van der Waals surface area contributed by atoms with E-state index in [9.17, 15) is 13.6 Å². The number of piperidine rings is 1. The number of fused-ring (bicyclic) bond motifs is 1. The van der Waals surface area contributed by atoms with Crippen LogP contribution in [0.3, 0.4) is 0 Å². The van der Waals surface area contributed by atoms with Crippen molar-refractivity contribution in [2.24, 2.45) is 18.9 Å². The topological polar surface area (TPSA) is 97.9 Å². The van der Waals surface area contributed by atoms with Crippen molar-refractivity contribution >= 4 is 11.9 Å². The molecule has 4 aromatic rings. The normalized spacial score (nSPS) is 20.7. The van der Waals surface area contributed by atoms with Crippen LogP contribution in [0, 0.1) is 23.5 Å². The Morgan fingerprint density at radius 2 is 1.86 bits per heavy atom. The second-order valence-corrected chi connectivity index (χ2v) is 8.87. The molecule has 0 radical (unpaired) electrons. The van der Waals surface area contributed by atoms with Gasteiger partial charge < -0.3 is 9.80 Å². The second-order valence-electron chi connectivity index (χ2n) is 8.87. The molecular weight excluding hydrogens is 456 g/mol. The minimum Gasteiger partial charge on any atom is -0.342 e. The Balaban J connectivity index is 1.23. The molecule has 1 unspecified atom stereocenters. The van der Waals surface area contributed by atoms with Crippen LogP contribution in [0.2, 0.25) is 0 Å². The van der Waals surface area contributed by atoms with Crippen molar-refractivity contribution in [1.82, 2.24) is 34.7 Å².